The van der Waals surface area contributed by atoms with Gasteiger partial charge in [-0.05, 0) is 12.8 Å². The molecule has 0 bridgehead atoms. The molecule has 0 aliphatic heterocycles. The fourth-order valence-electron chi connectivity index (χ4n) is 4.70. The first kappa shape index (κ1) is 28.2. The topological polar surface area (TPSA) is 3.88 Å². The van der Waals surface area contributed by atoms with E-state index in [2.05, 4.69) is 42.8 Å². The van der Waals surface area contributed by atoms with Gasteiger partial charge in [-0.25, -0.2) is 4.57 Å². The van der Waals surface area contributed by atoms with Crippen molar-refractivity contribution in [1.29, 1.82) is 0 Å². The highest BCUT2D eigenvalue weighted by atomic mass is 14.9. The van der Waals surface area contributed by atoms with Crippen molar-refractivity contribution in [1.82, 2.24) is 0 Å². The molecule has 0 unspecified atom stereocenters. The third-order valence-corrected chi connectivity index (χ3v) is 6.82. The van der Waals surface area contributed by atoms with Gasteiger partial charge < -0.3 is 0 Å². The summed E-state index contributed by atoms with van der Waals surface area (Å²) in [7, 11) is 0. The maximum absolute atomic E-state index is 2.52. The first-order chi connectivity index (χ1) is 15.4. The number of hydrogen-bond acceptors (Lipinski definition) is 0. The monoisotopic (exact) mass is 430 g/mol. The molecule has 0 saturated heterocycles. The normalized spacial score (nSPS) is 11.3. The quantitative estimate of drug-likeness (QED) is 0.120. The van der Waals surface area contributed by atoms with Gasteiger partial charge in [-0.2, -0.15) is 0 Å². The third-order valence-electron chi connectivity index (χ3n) is 6.82. The van der Waals surface area contributed by atoms with Crippen LogP contribution in [0, 0.1) is 0 Å². The lowest BCUT2D eigenvalue weighted by atomic mass is 10.0. The van der Waals surface area contributed by atoms with Crippen LogP contribution >= 0.6 is 0 Å². The van der Waals surface area contributed by atoms with Crippen molar-refractivity contribution in [3.8, 4) is 0 Å². The Bertz CT molecular complexity index is 481. The fraction of sp³-hybridized carbons (Fsp3) is 0.833. The average molecular weight is 431 g/mol. The Morgan fingerprint density at radius 2 is 0.903 bits per heavy atom. The minimum atomic E-state index is 1.21. The molecule has 0 saturated carbocycles. The molecule has 1 aromatic rings. The van der Waals surface area contributed by atoms with E-state index in [4.69, 9.17) is 0 Å². The lowest BCUT2D eigenvalue weighted by molar-refractivity contribution is -0.704. The van der Waals surface area contributed by atoms with E-state index in [-0.39, 0.29) is 0 Å². The van der Waals surface area contributed by atoms with E-state index in [9.17, 15) is 0 Å². The Hall–Kier alpha value is -0.850. The van der Waals surface area contributed by atoms with Gasteiger partial charge in [-0.1, -0.05) is 135 Å². The summed E-state index contributed by atoms with van der Waals surface area (Å²) in [4.78, 5) is 0. The molecule has 0 aliphatic rings. The molecule has 0 fully saturated rings. The van der Waals surface area contributed by atoms with Crippen molar-refractivity contribution in [2.75, 3.05) is 0 Å². The van der Waals surface area contributed by atoms with Crippen molar-refractivity contribution in [2.24, 2.45) is 0 Å². The summed E-state index contributed by atoms with van der Waals surface area (Å²) in [6.45, 7) is 5.81. The maximum Gasteiger partial charge on any atom is 0.181 e. The van der Waals surface area contributed by atoms with Crippen molar-refractivity contribution in [3.63, 3.8) is 0 Å². The number of aromatic nitrogens is 1. The molecule has 1 nitrogen and oxygen atoms in total. The number of aryl methyl sites for hydroxylation is 2. The van der Waals surface area contributed by atoms with Crippen LogP contribution < -0.4 is 4.57 Å². The van der Waals surface area contributed by atoms with Crippen LogP contribution in [-0.2, 0) is 13.0 Å². The van der Waals surface area contributed by atoms with Gasteiger partial charge in [0.25, 0.3) is 0 Å². The van der Waals surface area contributed by atoms with E-state index in [1.165, 1.54) is 148 Å². The van der Waals surface area contributed by atoms with Gasteiger partial charge >= 0.3 is 0 Å². The molecular weight excluding hydrogens is 374 g/mol. The second-order valence-electron chi connectivity index (χ2n) is 9.85. The lowest BCUT2D eigenvalue weighted by Crippen LogP contribution is -2.37. The Labute approximate surface area is 196 Å². The minimum Gasteiger partial charge on any atom is -0.202 e. The molecule has 0 spiro atoms. The van der Waals surface area contributed by atoms with Crippen LogP contribution in [0.3, 0.4) is 0 Å². The van der Waals surface area contributed by atoms with Crippen LogP contribution in [0.5, 0.6) is 0 Å². The molecule has 1 heteroatoms. The molecule has 1 aromatic heterocycles. The second kappa shape index (κ2) is 22.3. The molecule has 180 valence electrons. The van der Waals surface area contributed by atoms with Crippen molar-refractivity contribution >= 4 is 0 Å². The fourth-order valence-corrected chi connectivity index (χ4v) is 4.70. The molecule has 0 radical (unpaired) electrons. The second-order valence-corrected chi connectivity index (χ2v) is 9.85. The van der Waals surface area contributed by atoms with Crippen LogP contribution in [0.25, 0.3) is 0 Å². The predicted molar refractivity (Wildman–Crippen MR) is 139 cm³/mol. The summed E-state index contributed by atoms with van der Waals surface area (Å²) in [6.07, 6.45) is 33.5. The zero-order valence-electron chi connectivity index (χ0n) is 21.5. The van der Waals surface area contributed by atoms with Crippen LogP contribution in [-0.4, -0.2) is 0 Å². The zero-order valence-corrected chi connectivity index (χ0v) is 21.5. The number of nitrogens with zero attached hydrogens (tertiary/aromatic N) is 1. The first-order valence-electron chi connectivity index (χ1n) is 14.4. The van der Waals surface area contributed by atoms with Gasteiger partial charge in [-0.3, -0.25) is 0 Å². The largest absolute Gasteiger partial charge is 0.202 e. The average Bonchev–Trinajstić information content (AvgIpc) is 2.79. The lowest BCUT2D eigenvalue weighted by Gasteiger charge is -2.05. The van der Waals surface area contributed by atoms with Crippen LogP contribution in [0.1, 0.15) is 154 Å². The summed E-state index contributed by atoms with van der Waals surface area (Å²) in [5.41, 5.74) is 1.54. The molecule has 0 amide bonds. The maximum atomic E-state index is 2.52. The molecule has 0 aliphatic carbocycles. The van der Waals surface area contributed by atoms with E-state index in [1.54, 1.807) is 5.69 Å². The van der Waals surface area contributed by atoms with Crippen molar-refractivity contribution in [3.05, 3.63) is 30.1 Å². The van der Waals surface area contributed by atoms with E-state index >= 15 is 0 Å². The standard InChI is InChI=1S/C30H56N/c1-3-5-7-9-11-12-13-14-15-16-17-18-19-21-24-28-31-29-25-23-27-30(31)26-22-20-10-8-6-4-2/h23,25,27,29H,3-22,24,26,28H2,1-2H3/q+1. The van der Waals surface area contributed by atoms with Crippen molar-refractivity contribution < 1.29 is 4.57 Å². The molecule has 0 aromatic carbocycles. The van der Waals surface area contributed by atoms with Crippen LogP contribution in [0.15, 0.2) is 24.4 Å². The van der Waals surface area contributed by atoms with Gasteiger partial charge in [0.2, 0.25) is 0 Å². The predicted octanol–water partition coefficient (Wildman–Crippen LogP) is 9.75. The number of unbranched alkanes of at least 4 members (excludes halogenated alkanes) is 19. The van der Waals surface area contributed by atoms with Gasteiger partial charge in [0.05, 0.1) is 0 Å². The smallest absolute Gasteiger partial charge is 0.181 e. The Morgan fingerprint density at radius 3 is 1.39 bits per heavy atom. The highest BCUT2D eigenvalue weighted by Gasteiger charge is 2.08. The minimum absolute atomic E-state index is 1.21. The van der Waals surface area contributed by atoms with Gasteiger partial charge in [0.15, 0.2) is 11.9 Å². The molecule has 0 atom stereocenters. The van der Waals surface area contributed by atoms with E-state index < -0.39 is 0 Å². The van der Waals surface area contributed by atoms with Crippen LogP contribution in [0.4, 0.5) is 0 Å². The van der Waals surface area contributed by atoms with Crippen molar-refractivity contribution in [2.45, 2.75) is 162 Å². The number of rotatable bonds is 23. The Morgan fingerprint density at radius 1 is 0.484 bits per heavy atom. The Balaban J connectivity index is 1.94. The summed E-state index contributed by atoms with van der Waals surface area (Å²) < 4.78 is 2.52. The van der Waals surface area contributed by atoms with Gasteiger partial charge in [0, 0.05) is 25.0 Å². The third kappa shape index (κ3) is 17.4. The molecule has 0 N–H and O–H groups in total. The van der Waals surface area contributed by atoms with Crippen LogP contribution in [0.2, 0.25) is 0 Å². The summed E-state index contributed by atoms with van der Waals surface area (Å²) in [5.74, 6) is 0. The van der Waals surface area contributed by atoms with E-state index in [0.717, 1.165) is 0 Å². The highest BCUT2D eigenvalue weighted by Crippen LogP contribution is 2.13. The SMILES string of the molecule is CCCCCCCCCCCCCCCCC[n+]1ccccc1CCCCCCCC. The molecule has 1 rings (SSSR count). The first-order valence-corrected chi connectivity index (χ1v) is 14.4. The summed E-state index contributed by atoms with van der Waals surface area (Å²) >= 11 is 0. The van der Waals surface area contributed by atoms with Gasteiger partial charge in [-0.15, -0.1) is 0 Å². The summed E-state index contributed by atoms with van der Waals surface area (Å²) in [5, 5.41) is 0. The number of hydrogen-bond donors (Lipinski definition) is 0. The molecular formula is C30H56N+. The van der Waals surface area contributed by atoms with E-state index in [1.807, 2.05) is 0 Å². The summed E-state index contributed by atoms with van der Waals surface area (Å²) in [6, 6.07) is 6.77. The highest BCUT2D eigenvalue weighted by molar-refractivity contribution is 4.97. The molecule has 1 heterocycles. The van der Waals surface area contributed by atoms with E-state index in [0.29, 0.717) is 0 Å². The number of pyridine rings is 1. The zero-order chi connectivity index (χ0) is 22.2. The molecule has 31 heavy (non-hydrogen) atoms. The Kier molecular flexibility index (Phi) is 20.3. The van der Waals surface area contributed by atoms with Gasteiger partial charge in [0.1, 0.15) is 6.54 Å².